The van der Waals surface area contributed by atoms with E-state index in [0.29, 0.717) is 11.4 Å². The summed E-state index contributed by atoms with van der Waals surface area (Å²) >= 11 is 6.04. The molecule has 0 aromatic heterocycles. The first-order valence-electron chi connectivity index (χ1n) is 9.63. The maximum absolute atomic E-state index is 12.0. The molecule has 2 aromatic rings. The van der Waals surface area contributed by atoms with Crippen molar-refractivity contribution in [3.8, 4) is 11.1 Å². The van der Waals surface area contributed by atoms with Crippen molar-refractivity contribution in [1.29, 1.82) is 0 Å². The zero-order chi connectivity index (χ0) is 22.8. The van der Waals surface area contributed by atoms with Crippen molar-refractivity contribution in [3.63, 3.8) is 0 Å². The number of hydrogen-bond donors (Lipinski definition) is 2. The second kappa shape index (κ2) is 12.1. The molecule has 2 rings (SSSR count). The molecule has 0 spiro atoms. The lowest BCUT2D eigenvalue weighted by atomic mass is 9.98. The standard InChI is InChI=1S/C23H26ClNO6/c1-15(29-2)22(31-14-26)13-30-23(28)21(27)12-20(25)10-16-6-8-17(9-7-16)18-4-3-5-19(24)11-18/h3-9,11,14,20-21,27H,10,12-13,25H2,1-2H3/b22-15-/t20-,21?/m1/s1. The fourth-order valence-corrected chi connectivity index (χ4v) is 3.08. The van der Waals surface area contributed by atoms with Crippen LogP contribution in [-0.2, 0) is 30.2 Å². The van der Waals surface area contributed by atoms with Crippen LogP contribution in [0.4, 0.5) is 0 Å². The molecule has 7 nitrogen and oxygen atoms in total. The molecule has 166 valence electrons. The monoisotopic (exact) mass is 447 g/mol. The maximum Gasteiger partial charge on any atom is 0.335 e. The highest BCUT2D eigenvalue weighted by Crippen LogP contribution is 2.23. The maximum atomic E-state index is 12.0. The molecule has 0 saturated carbocycles. The van der Waals surface area contributed by atoms with Crippen LogP contribution in [0.5, 0.6) is 0 Å². The van der Waals surface area contributed by atoms with Gasteiger partial charge in [0.1, 0.15) is 5.76 Å². The van der Waals surface area contributed by atoms with E-state index in [1.54, 1.807) is 6.92 Å². The number of nitrogens with two attached hydrogens (primary N) is 1. The molecule has 0 aliphatic heterocycles. The van der Waals surface area contributed by atoms with E-state index in [1.165, 1.54) is 7.11 Å². The number of rotatable bonds is 11. The molecule has 0 aliphatic rings. The first kappa shape index (κ1) is 24.4. The van der Waals surface area contributed by atoms with E-state index in [1.807, 2.05) is 48.5 Å². The summed E-state index contributed by atoms with van der Waals surface area (Å²) in [5.41, 5.74) is 9.11. The molecular weight excluding hydrogens is 422 g/mol. The van der Waals surface area contributed by atoms with Crippen LogP contribution in [-0.4, -0.2) is 43.4 Å². The smallest absolute Gasteiger partial charge is 0.335 e. The molecule has 0 amide bonds. The van der Waals surface area contributed by atoms with Crippen LogP contribution in [0.25, 0.3) is 11.1 Å². The van der Waals surface area contributed by atoms with Crippen molar-refractivity contribution in [2.24, 2.45) is 5.73 Å². The summed E-state index contributed by atoms with van der Waals surface area (Å²) < 4.78 is 14.7. The number of carbonyl (C=O) groups excluding carboxylic acids is 2. The summed E-state index contributed by atoms with van der Waals surface area (Å²) in [6.07, 6.45) is -0.908. The Hall–Kier alpha value is -2.87. The fourth-order valence-electron chi connectivity index (χ4n) is 2.89. The van der Waals surface area contributed by atoms with Crippen LogP contribution in [0.15, 0.2) is 60.0 Å². The van der Waals surface area contributed by atoms with Crippen LogP contribution in [0.3, 0.4) is 0 Å². The van der Waals surface area contributed by atoms with E-state index >= 15 is 0 Å². The molecule has 0 heterocycles. The summed E-state index contributed by atoms with van der Waals surface area (Å²) in [5.74, 6) is -0.530. The highest BCUT2D eigenvalue weighted by Gasteiger charge is 2.21. The number of aliphatic hydroxyl groups excluding tert-OH is 1. The van der Waals surface area contributed by atoms with Crippen molar-refractivity contribution in [2.75, 3.05) is 13.7 Å². The van der Waals surface area contributed by atoms with Gasteiger partial charge in [-0.05, 0) is 48.6 Å². The van der Waals surface area contributed by atoms with E-state index in [9.17, 15) is 14.7 Å². The minimum Gasteiger partial charge on any atom is -0.498 e. The Morgan fingerprint density at radius 2 is 1.90 bits per heavy atom. The Labute approximate surface area is 186 Å². The zero-order valence-corrected chi connectivity index (χ0v) is 18.2. The van der Waals surface area contributed by atoms with Gasteiger partial charge >= 0.3 is 5.97 Å². The molecule has 0 bridgehead atoms. The van der Waals surface area contributed by atoms with Crippen LogP contribution < -0.4 is 5.73 Å². The van der Waals surface area contributed by atoms with Gasteiger partial charge in [-0.1, -0.05) is 48.0 Å². The van der Waals surface area contributed by atoms with Gasteiger partial charge in [0.15, 0.2) is 18.5 Å². The third-order valence-electron chi connectivity index (χ3n) is 4.64. The van der Waals surface area contributed by atoms with E-state index < -0.39 is 18.1 Å². The van der Waals surface area contributed by atoms with Gasteiger partial charge in [0, 0.05) is 11.1 Å². The zero-order valence-electron chi connectivity index (χ0n) is 17.4. The summed E-state index contributed by atoms with van der Waals surface area (Å²) in [6.45, 7) is 1.42. The lowest BCUT2D eigenvalue weighted by molar-refractivity contribution is -0.154. The number of allylic oxidation sites excluding steroid dienone is 1. The van der Waals surface area contributed by atoms with Crippen molar-refractivity contribution in [2.45, 2.75) is 31.9 Å². The normalized spacial score (nSPS) is 13.6. The van der Waals surface area contributed by atoms with Gasteiger partial charge in [0.25, 0.3) is 6.47 Å². The quantitative estimate of drug-likeness (QED) is 0.309. The predicted molar refractivity (Wildman–Crippen MR) is 117 cm³/mol. The lowest BCUT2D eigenvalue weighted by Crippen LogP contribution is -2.34. The highest BCUT2D eigenvalue weighted by atomic mass is 35.5. The Morgan fingerprint density at radius 1 is 1.19 bits per heavy atom. The van der Waals surface area contributed by atoms with Gasteiger partial charge in [-0.3, -0.25) is 4.79 Å². The summed E-state index contributed by atoms with van der Waals surface area (Å²) in [6, 6.07) is 14.9. The van der Waals surface area contributed by atoms with Crippen LogP contribution in [0.1, 0.15) is 18.9 Å². The number of hydrogen-bond acceptors (Lipinski definition) is 7. The van der Waals surface area contributed by atoms with Gasteiger partial charge in [-0.2, -0.15) is 0 Å². The number of methoxy groups -OCH3 is 1. The molecular formula is C23H26ClNO6. The average molecular weight is 448 g/mol. The highest BCUT2D eigenvalue weighted by molar-refractivity contribution is 6.30. The number of esters is 1. The SMILES string of the molecule is CO/C(C)=C(/COC(=O)C(O)C[C@H](N)Cc1ccc(-c2cccc(Cl)c2)cc1)OC=O. The third kappa shape index (κ3) is 7.71. The molecule has 2 aromatic carbocycles. The Balaban J connectivity index is 1.87. The largest absolute Gasteiger partial charge is 0.498 e. The molecule has 0 saturated heterocycles. The molecule has 0 fully saturated rings. The van der Waals surface area contributed by atoms with Gasteiger partial charge < -0.3 is 25.1 Å². The number of carbonyl (C=O) groups is 2. The van der Waals surface area contributed by atoms with Crippen LogP contribution in [0.2, 0.25) is 5.02 Å². The second-order valence-electron chi connectivity index (χ2n) is 6.93. The fraction of sp³-hybridized carbons (Fsp3) is 0.304. The average Bonchev–Trinajstić information content (AvgIpc) is 2.76. The van der Waals surface area contributed by atoms with Crippen molar-refractivity contribution in [3.05, 3.63) is 70.6 Å². The minimum absolute atomic E-state index is 0.0196. The van der Waals surface area contributed by atoms with E-state index in [-0.39, 0.29) is 31.0 Å². The molecule has 31 heavy (non-hydrogen) atoms. The van der Waals surface area contributed by atoms with Crippen LogP contribution in [0, 0.1) is 0 Å². The topological polar surface area (TPSA) is 108 Å². The molecule has 8 heteroatoms. The molecule has 2 atom stereocenters. The summed E-state index contributed by atoms with van der Waals surface area (Å²) in [5, 5.41) is 10.8. The number of aliphatic hydroxyl groups is 1. The van der Waals surface area contributed by atoms with Crippen molar-refractivity contribution in [1.82, 2.24) is 0 Å². The third-order valence-corrected chi connectivity index (χ3v) is 4.88. The van der Waals surface area contributed by atoms with Gasteiger partial charge in [-0.25, -0.2) is 4.79 Å². The molecule has 3 N–H and O–H groups in total. The molecule has 0 radical (unpaired) electrons. The minimum atomic E-state index is -1.40. The predicted octanol–water partition coefficient (Wildman–Crippen LogP) is 3.22. The molecule has 1 unspecified atom stereocenters. The number of halogens is 1. The van der Waals surface area contributed by atoms with Crippen LogP contribution >= 0.6 is 11.6 Å². The Bertz CT molecular complexity index is 913. The Kier molecular flexibility index (Phi) is 9.52. The van der Waals surface area contributed by atoms with E-state index in [0.717, 1.165) is 16.7 Å². The van der Waals surface area contributed by atoms with Gasteiger partial charge in [-0.15, -0.1) is 0 Å². The van der Waals surface area contributed by atoms with E-state index in [2.05, 4.69) is 0 Å². The Morgan fingerprint density at radius 3 is 2.52 bits per heavy atom. The first-order chi connectivity index (χ1) is 14.8. The van der Waals surface area contributed by atoms with Gasteiger partial charge in [0.2, 0.25) is 0 Å². The van der Waals surface area contributed by atoms with E-state index in [4.69, 9.17) is 31.5 Å². The number of ether oxygens (including phenoxy) is 3. The van der Waals surface area contributed by atoms with Crippen molar-refractivity contribution >= 4 is 24.0 Å². The summed E-state index contributed by atoms with van der Waals surface area (Å²) in [4.78, 5) is 22.6. The summed E-state index contributed by atoms with van der Waals surface area (Å²) in [7, 11) is 1.39. The van der Waals surface area contributed by atoms with Gasteiger partial charge in [0.05, 0.1) is 7.11 Å². The molecule has 0 aliphatic carbocycles. The van der Waals surface area contributed by atoms with Crippen molar-refractivity contribution < 1.29 is 28.9 Å². The first-order valence-corrected chi connectivity index (χ1v) is 10.0. The second-order valence-corrected chi connectivity index (χ2v) is 7.36. The number of benzene rings is 2. The lowest BCUT2D eigenvalue weighted by Gasteiger charge is -2.17.